The minimum absolute atomic E-state index is 0.0417. The van der Waals surface area contributed by atoms with Crippen molar-refractivity contribution in [2.75, 3.05) is 29.0 Å². The molecule has 28 heavy (non-hydrogen) atoms. The molecule has 0 unspecified atom stereocenters. The monoisotopic (exact) mass is 399 g/mol. The Labute approximate surface area is 166 Å². The van der Waals surface area contributed by atoms with Crippen molar-refractivity contribution in [3.63, 3.8) is 0 Å². The number of nitrogens with zero attached hydrogens (tertiary/aromatic N) is 4. The SMILES string of the molecule is O=[N+]([O-])c1ccc(NCCNc2nccc(NCc3ccc(Cl)cc3)n2)nc1. The molecule has 0 radical (unpaired) electrons. The van der Waals surface area contributed by atoms with Gasteiger partial charge in [-0.25, -0.2) is 9.97 Å². The van der Waals surface area contributed by atoms with Crippen LogP contribution in [0.3, 0.4) is 0 Å². The molecule has 0 atom stereocenters. The van der Waals surface area contributed by atoms with Gasteiger partial charge in [-0.2, -0.15) is 4.98 Å². The maximum Gasteiger partial charge on any atom is 0.287 e. The van der Waals surface area contributed by atoms with Crippen LogP contribution in [0.1, 0.15) is 5.56 Å². The number of anilines is 3. The quantitative estimate of drug-likeness (QED) is 0.284. The molecule has 0 spiro atoms. The Kier molecular flexibility index (Phi) is 6.53. The fourth-order valence-corrected chi connectivity index (χ4v) is 2.43. The van der Waals surface area contributed by atoms with E-state index >= 15 is 0 Å². The molecule has 0 aliphatic heterocycles. The van der Waals surface area contributed by atoms with Crippen LogP contribution in [0, 0.1) is 10.1 Å². The largest absolute Gasteiger partial charge is 0.368 e. The maximum atomic E-state index is 10.6. The normalized spacial score (nSPS) is 10.3. The summed E-state index contributed by atoms with van der Waals surface area (Å²) >= 11 is 5.88. The molecule has 9 nitrogen and oxygen atoms in total. The van der Waals surface area contributed by atoms with Crippen LogP contribution in [0.15, 0.2) is 54.9 Å². The van der Waals surface area contributed by atoms with E-state index < -0.39 is 4.92 Å². The van der Waals surface area contributed by atoms with Crippen LogP contribution in [-0.2, 0) is 6.54 Å². The van der Waals surface area contributed by atoms with Crippen LogP contribution in [0.2, 0.25) is 5.02 Å². The lowest BCUT2D eigenvalue weighted by Crippen LogP contribution is -2.16. The molecule has 0 aliphatic carbocycles. The van der Waals surface area contributed by atoms with E-state index in [1.807, 2.05) is 24.3 Å². The number of hydrogen-bond acceptors (Lipinski definition) is 8. The average Bonchev–Trinajstić information content (AvgIpc) is 2.71. The average molecular weight is 400 g/mol. The first-order valence-corrected chi connectivity index (χ1v) is 8.87. The highest BCUT2D eigenvalue weighted by Gasteiger charge is 2.05. The van der Waals surface area contributed by atoms with Crippen molar-refractivity contribution in [1.29, 1.82) is 0 Å². The summed E-state index contributed by atoms with van der Waals surface area (Å²) in [5, 5.41) is 20.7. The van der Waals surface area contributed by atoms with Gasteiger partial charge in [0.2, 0.25) is 5.95 Å². The second-order valence-corrected chi connectivity index (χ2v) is 6.19. The molecular formula is C18H18ClN7O2. The van der Waals surface area contributed by atoms with Crippen molar-refractivity contribution >= 4 is 34.9 Å². The fourth-order valence-electron chi connectivity index (χ4n) is 2.30. The Hall–Kier alpha value is -3.46. The number of nitro groups is 1. The third kappa shape index (κ3) is 5.78. The first-order chi connectivity index (χ1) is 13.6. The van der Waals surface area contributed by atoms with Crippen LogP contribution in [0.25, 0.3) is 0 Å². The number of pyridine rings is 1. The molecule has 144 valence electrons. The van der Waals surface area contributed by atoms with E-state index in [2.05, 4.69) is 30.9 Å². The zero-order valence-corrected chi connectivity index (χ0v) is 15.6. The van der Waals surface area contributed by atoms with Crippen LogP contribution >= 0.6 is 11.6 Å². The zero-order chi connectivity index (χ0) is 19.8. The van der Waals surface area contributed by atoms with Gasteiger partial charge in [-0.1, -0.05) is 23.7 Å². The van der Waals surface area contributed by atoms with Crippen molar-refractivity contribution < 1.29 is 4.92 Å². The van der Waals surface area contributed by atoms with Crippen LogP contribution in [0.5, 0.6) is 0 Å². The first kappa shape index (κ1) is 19.3. The predicted molar refractivity (Wildman–Crippen MR) is 109 cm³/mol. The molecule has 10 heteroatoms. The van der Waals surface area contributed by atoms with E-state index in [0.717, 1.165) is 5.56 Å². The molecule has 0 amide bonds. The van der Waals surface area contributed by atoms with Gasteiger partial charge in [0.1, 0.15) is 17.8 Å². The van der Waals surface area contributed by atoms with E-state index in [-0.39, 0.29) is 5.69 Å². The van der Waals surface area contributed by atoms with Crippen molar-refractivity contribution in [2.45, 2.75) is 6.54 Å². The smallest absolute Gasteiger partial charge is 0.287 e. The molecule has 0 bridgehead atoms. The topological polar surface area (TPSA) is 118 Å². The predicted octanol–water partition coefficient (Wildman–Crippen LogP) is 3.57. The standard InChI is InChI=1S/C18H18ClN7O2/c19-14-3-1-13(2-4-14)11-23-17-7-8-21-18(25-17)22-10-9-20-16-6-5-15(12-24-16)26(27)28/h1-8,12H,9-11H2,(H,20,24)(H2,21,22,23,25). The number of benzene rings is 1. The highest BCUT2D eigenvalue weighted by Crippen LogP contribution is 2.13. The van der Waals surface area contributed by atoms with Crippen LogP contribution < -0.4 is 16.0 Å². The van der Waals surface area contributed by atoms with Crippen molar-refractivity contribution in [3.05, 3.63) is 75.6 Å². The lowest BCUT2D eigenvalue weighted by atomic mass is 10.2. The Morgan fingerprint density at radius 3 is 2.43 bits per heavy atom. The lowest BCUT2D eigenvalue weighted by Gasteiger charge is -2.09. The molecule has 2 heterocycles. The molecule has 3 aromatic rings. The van der Waals surface area contributed by atoms with E-state index in [0.29, 0.717) is 42.2 Å². The van der Waals surface area contributed by atoms with Gasteiger partial charge in [-0.05, 0) is 29.8 Å². The van der Waals surface area contributed by atoms with Gasteiger partial charge in [0.05, 0.1) is 4.92 Å². The Morgan fingerprint density at radius 2 is 1.71 bits per heavy atom. The number of aromatic nitrogens is 3. The molecule has 2 aromatic heterocycles. The summed E-state index contributed by atoms with van der Waals surface area (Å²) in [5.74, 6) is 1.77. The van der Waals surface area contributed by atoms with Gasteiger partial charge in [-0.3, -0.25) is 10.1 Å². The number of hydrogen-bond donors (Lipinski definition) is 3. The molecule has 0 aliphatic rings. The van der Waals surface area contributed by atoms with Crippen LogP contribution in [-0.4, -0.2) is 33.0 Å². The van der Waals surface area contributed by atoms with Gasteiger partial charge in [0.25, 0.3) is 5.69 Å². The summed E-state index contributed by atoms with van der Waals surface area (Å²) in [5.41, 5.74) is 1.05. The summed E-state index contributed by atoms with van der Waals surface area (Å²) in [6.07, 6.45) is 2.89. The van der Waals surface area contributed by atoms with Gasteiger partial charge in [0, 0.05) is 36.9 Å². The van der Waals surface area contributed by atoms with Crippen LogP contribution in [0.4, 0.5) is 23.3 Å². The number of halogens is 1. The van der Waals surface area contributed by atoms with E-state index in [9.17, 15) is 10.1 Å². The Bertz CT molecular complexity index is 920. The highest BCUT2D eigenvalue weighted by atomic mass is 35.5. The second kappa shape index (κ2) is 9.47. The van der Waals surface area contributed by atoms with E-state index in [1.165, 1.54) is 12.3 Å². The summed E-state index contributed by atoms with van der Waals surface area (Å²) in [7, 11) is 0. The number of rotatable bonds is 9. The highest BCUT2D eigenvalue weighted by molar-refractivity contribution is 6.30. The van der Waals surface area contributed by atoms with E-state index in [1.54, 1.807) is 18.3 Å². The summed E-state index contributed by atoms with van der Waals surface area (Å²) in [6, 6.07) is 12.4. The van der Waals surface area contributed by atoms with Crippen molar-refractivity contribution in [3.8, 4) is 0 Å². The lowest BCUT2D eigenvalue weighted by molar-refractivity contribution is -0.385. The van der Waals surface area contributed by atoms with E-state index in [4.69, 9.17) is 11.6 Å². The van der Waals surface area contributed by atoms with Crippen molar-refractivity contribution in [2.24, 2.45) is 0 Å². The summed E-state index contributed by atoms with van der Waals surface area (Å²) in [4.78, 5) is 22.7. The Morgan fingerprint density at radius 1 is 0.929 bits per heavy atom. The molecular weight excluding hydrogens is 382 g/mol. The minimum Gasteiger partial charge on any atom is -0.368 e. The molecule has 1 aromatic carbocycles. The van der Waals surface area contributed by atoms with Gasteiger partial charge >= 0.3 is 0 Å². The van der Waals surface area contributed by atoms with Gasteiger partial charge in [-0.15, -0.1) is 0 Å². The third-order valence-electron chi connectivity index (χ3n) is 3.72. The summed E-state index contributed by atoms with van der Waals surface area (Å²) in [6.45, 7) is 1.73. The molecule has 0 saturated carbocycles. The fraction of sp³-hybridized carbons (Fsp3) is 0.167. The van der Waals surface area contributed by atoms with Crippen molar-refractivity contribution in [1.82, 2.24) is 15.0 Å². The third-order valence-corrected chi connectivity index (χ3v) is 3.97. The second-order valence-electron chi connectivity index (χ2n) is 5.76. The summed E-state index contributed by atoms with van der Waals surface area (Å²) < 4.78 is 0. The first-order valence-electron chi connectivity index (χ1n) is 8.50. The molecule has 3 rings (SSSR count). The molecule has 3 N–H and O–H groups in total. The number of nitrogens with one attached hydrogen (secondary N) is 3. The van der Waals surface area contributed by atoms with Gasteiger partial charge < -0.3 is 16.0 Å². The van der Waals surface area contributed by atoms with Gasteiger partial charge in [0.15, 0.2) is 0 Å². The maximum absolute atomic E-state index is 10.6. The molecule has 0 saturated heterocycles. The Balaban J connectivity index is 1.44. The molecule has 0 fully saturated rings. The zero-order valence-electron chi connectivity index (χ0n) is 14.8. The minimum atomic E-state index is -0.483.